The molecular weight excluding hydrogens is 1290 g/mol. The van der Waals surface area contributed by atoms with Gasteiger partial charge in [-0.15, -0.1) is 45.3 Å². The lowest BCUT2D eigenvalue weighted by Gasteiger charge is -2.37. The molecule has 8 nitrogen and oxygen atoms in total. The van der Waals surface area contributed by atoms with Crippen molar-refractivity contribution in [3.05, 3.63) is 157 Å². The first-order valence-electron chi connectivity index (χ1n) is 32.4. The van der Waals surface area contributed by atoms with Gasteiger partial charge in [-0.05, 0) is 132 Å². The number of ether oxygens (including phenoxy) is 2. The number of Topliss-reactive ketones (excluding diaryl/α,β-unsaturated/α-hetero) is 2. The number of nitrogens with zero attached hydrogens (tertiary/aromatic N) is 4. The summed E-state index contributed by atoms with van der Waals surface area (Å²) in [5.41, 5.74) is 4.34. The maximum absolute atomic E-state index is 14.5. The van der Waals surface area contributed by atoms with E-state index >= 15 is 0 Å². The molecule has 16 heteroatoms. The van der Waals surface area contributed by atoms with Crippen molar-refractivity contribution in [2.75, 3.05) is 13.2 Å². The maximum Gasteiger partial charge on any atom is 0.270 e. The Bertz CT molecular complexity index is 3760. The SMILES string of the molecule is [C-]#[N+]C(C#N)=C1/C(=C/c2cc(OCC(CC)CCCC)c(-c3cc4c(s3)-c3sc(-c5sc(/C=C6\C(=O)c7cc(Cl)c(Cl)cc7\C6=C(\C#N)[N+]#[C-])cc5OCC(CC)CCCC)cc3C4(CC(CC)CCCC)CC(CC)CCCC)s2)C(=O)c2cc(Cl)c(Cl)cc21. The summed E-state index contributed by atoms with van der Waals surface area (Å²) in [4.78, 5) is 44.4. The second kappa shape index (κ2) is 31.5. The molecule has 474 valence electrons. The third-order valence-corrected chi connectivity index (χ3v) is 25.0. The summed E-state index contributed by atoms with van der Waals surface area (Å²) in [5, 5.41) is 21.5. The molecule has 3 aliphatic rings. The van der Waals surface area contributed by atoms with E-state index in [1.807, 2.05) is 12.1 Å². The summed E-state index contributed by atoms with van der Waals surface area (Å²) in [7, 11) is 0. The van der Waals surface area contributed by atoms with Crippen LogP contribution in [0.5, 0.6) is 11.5 Å². The summed E-state index contributed by atoms with van der Waals surface area (Å²) in [6.45, 7) is 35.3. The van der Waals surface area contributed by atoms with E-state index in [4.69, 9.17) is 69.0 Å². The van der Waals surface area contributed by atoms with E-state index in [2.05, 4.69) is 89.4 Å². The Morgan fingerprint density at radius 2 is 0.846 bits per heavy atom. The van der Waals surface area contributed by atoms with Crippen molar-refractivity contribution in [2.45, 2.75) is 176 Å². The van der Waals surface area contributed by atoms with Crippen LogP contribution < -0.4 is 9.47 Å². The molecule has 2 aromatic carbocycles. The number of carbonyl (C=O) groups excluding carboxylic acids is 2. The van der Waals surface area contributed by atoms with Crippen LogP contribution in [0.1, 0.15) is 224 Å². The zero-order valence-corrected chi connectivity index (χ0v) is 59.6. The highest BCUT2D eigenvalue weighted by molar-refractivity contribution is 7.29. The molecule has 4 heterocycles. The lowest BCUT2D eigenvalue weighted by molar-refractivity contribution is 0.103. The molecule has 0 aliphatic heterocycles. The second-order valence-electron chi connectivity index (χ2n) is 24.5. The Labute approximate surface area is 574 Å². The van der Waals surface area contributed by atoms with E-state index < -0.39 is 0 Å². The lowest BCUT2D eigenvalue weighted by Crippen LogP contribution is -2.31. The number of thiophene rings is 4. The molecule has 0 spiro atoms. The number of hydrogen-bond acceptors (Lipinski definition) is 10. The van der Waals surface area contributed by atoms with E-state index in [9.17, 15) is 20.1 Å². The maximum atomic E-state index is 14.5. The van der Waals surface area contributed by atoms with Gasteiger partial charge < -0.3 is 9.47 Å². The van der Waals surface area contributed by atoms with Crippen molar-refractivity contribution in [1.82, 2.24) is 0 Å². The smallest absolute Gasteiger partial charge is 0.270 e. The Morgan fingerprint density at radius 3 is 1.16 bits per heavy atom. The van der Waals surface area contributed by atoms with Gasteiger partial charge in [0.05, 0.1) is 68.3 Å². The second-order valence-corrected chi connectivity index (χ2v) is 30.4. The van der Waals surface area contributed by atoms with Gasteiger partial charge in [0, 0.05) is 68.1 Å². The molecule has 0 saturated carbocycles. The fourth-order valence-electron chi connectivity index (χ4n) is 13.3. The van der Waals surface area contributed by atoms with Crippen LogP contribution in [0, 0.1) is 59.5 Å². The quantitative estimate of drug-likeness (QED) is 0.0252. The van der Waals surface area contributed by atoms with E-state index in [-0.39, 0.29) is 70.8 Å². The van der Waals surface area contributed by atoms with Gasteiger partial charge in [0.1, 0.15) is 11.5 Å². The Hall–Kier alpha value is -5.74. The van der Waals surface area contributed by atoms with Gasteiger partial charge >= 0.3 is 0 Å². The van der Waals surface area contributed by atoms with Crippen molar-refractivity contribution >= 4 is 127 Å². The highest BCUT2D eigenvalue weighted by Crippen LogP contribution is 2.64. The van der Waals surface area contributed by atoms with Crippen LogP contribution in [-0.2, 0) is 5.41 Å². The number of rotatable bonds is 30. The molecule has 0 N–H and O–H groups in total. The molecular formula is C75H78Cl4N4O4S4. The Balaban J connectivity index is 1.27. The van der Waals surface area contributed by atoms with Crippen LogP contribution >= 0.6 is 91.8 Å². The Kier molecular flexibility index (Phi) is 24.1. The molecule has 6 aromatic rings. The van der Waals surface area contributed by atoms with Crippen LogP contribution in [0.15, 0.2) is 71.1 Å². The van der Waals surface area contributed by atoms with Crippen LogP contribution in [-0.4, -0.2) is 24.8 Å². The van der Waals surface area contributed by atoms with Crippen molar-refractivity contribution in [1.29, 1.82) is 10.5 Å². The number of unbranched alkanes of at least 4 members (excludes halogenated alkanes) is 4. The summed E-state index contributed by atoms with van der Waals surface area (Å²) in [6, 6.07) is 19.3. The van der Waals surface area contributed by atoms with Gasteiger partial charge in [-0.25, -0.2) is 20.2 Å². The molecule has 0 bridgehead atoms. The minimum Gasteiger partial charge on any atom is -0.492 e. The molecule has 4 unspecified atom stereocenters. The molecule has 4 aromatic heterocycles. The zero-order chi connectivity index (χ0) is 65.3. The average molecular weight is 1370 g/mol. The minimum atomic E-state index is -0.348. The lowest BCUT2D eigenvalue weighted by atomic mass is 9.65. The highest BCUT2D eigenvalue weighted by atomic mass is 35.5. The molecule has 0 amide bonds. The highest BCUT2D eigenvalue weighted by Gasteiger charge is 2.49. The summed E-state index contributed by atoms with van der Waals surface area (Å²) < 4.78 is 14.1. The number of allylic oxidation sites excluding steroid dienone is 6. The monoisotopic (exact) mass is 1370 g/mol. The summed E-state index contributed by atoms with van der Waals surface area (Å²) in [6.07, 6.45) is 22.9. The van der Waals surface area contributed by atoms with Crippen LogP contribution in [0.25, 0.3) is 62.3 Å². The standard InChI is InChI=1S/C75H78Cl4N4O4S4/c1-11-19-23-43(15-5)37-75(38-44(16-6)24-20-12-2)55-35-65(73-63(86-41-45(17-7)25-21-13-3)29-47(88-73)27-53-67(61(39-80)82-9)49-31-57(76)59(78)33-51(49)69(53)84)90-71(55)72-56(75)36-66(91-72)74-64(87-42-46(18-8)26-22-14-4)30-48(89-74)28-54-68(62(40-81)83-10)50-32-58(77)60(79)34-52(50)70(54)85/h27-36,43-46H,11-26,37-38,41-42H2,1-8H3/b53-27-,54-28-,67-61+,68-62?. The fourth-order valence-corrected chi connectivity index (χ4v) is 19.0. The van der Waals surface area contributed by atoms with Crippen molar-refractivity contribution in [2.24, 2.45) is 23.7 Å². The van der Waals surface area contributed by atoms with Crippen LogP contribution in [0.3, 0.4) is 0 Å². The largest absolute Gasteiger partial charge is 0.492 e. The van der Waals surface area contributed by atoms with Crippen molar-refractivity contribution < 1.29 is 19.1 Å². The van der Waals surface area contributed by atoms with Crippen LogP contribution in [0.2, 0.25) is 20.1 Å². The molecule has 3 aliphatic carbocycles. The number of carbonyl (C=O) groups is 2. The first-order chi connectivity index (χ1) is 44.0. The predicted molar refractivity (Wildman–Crippen MR) is 384 cm³/mol. The summed E-state index contributed by atoms with van der Waals surface area (Å²) >= 11 is 32.9. The third kappa shape index (κ3) is 14.5. The predicted octanol–water partition coefficient (Wildman–Crippen LogP) is 25.4. The van der Waals surface area contributed by atoms with Gasteiger partial charge in [0.25, 0.3) is 11.4 Å². The first-order valence-corrected chi connectivity index (χ1v) is 37.2. The minimum absolute atomic E-state index is 0.201. The normalized spacial score (nSPS) is 18.1. The van der Waals surface area contributed by atoms with Gasteiger partial charge in [-0.2, -0.15) is 0 Å². The number of hydrogen-bond donors (Lipinski definition) is 0. The Morgan fingerprint density at radius 1 is 0.505 bits per heavy atom. The number of ketones is 2. The fraction of sp³-hybridized carbons (Fsp3) is 0.440. The van der Waals surface area contributed by atoms with E-state index in [0.29, 0.717) is 59.1 Å². The molecule has 9 rings (SSSR count). The first kappa shape index (κ1) is 69.6. The van der Waals surface area contributed by atoms with Crippen molar-refractivity contribution in [3.8, 4) is 52.9 Å². The zero-order valence-electron chi connectivity index (χ0n) is 53.3. The summed E-state index contributed by atoms with van der Waals surface area (Å²) in [5.74, 6) is 2.38. The number of nitriles is 2. The molecule has 0 radical (unpaired) electrons. The van der Waals surface area contributed by atoms with Crippen LogP contribution in [0.4, 0.5) is 0 Å². The van der Waals surface area contributed by atoms with Gasteiger partial charge in [-0.3, -0.25) is 9.59 Å². The van der Waals surface area contributed by atoms with E-state index in [1.54, 1.807) is 69.6 Å². The van der Waals surface area contributed by atoms with Crippen molar-refractivity contribution in [3.63, 3.8) is 0 Å². The topological polar surface area (TPSA) is 109 Å². The van der Waals surface area contributed by atoms with Gasteiger partial charge in [0.15, 0.2) is 11.6 Å². The molecule has 91 heavy (non-hydrogen) atoms. The molecule has 0 fully saturated rings. The number of fused-ring (bicyclic) bond motifs is 5. The molecule has 0 saturated heterocycles. The molecule has 4 atom stereocenters. The van der Waals surface area contributed by atoms with E-state index in [0.717, 1.165) is 156 Å². The average Bonchev–Trinajstić information content (AvgIpc) is 1.54. The number of benzene rings is 2. The third-order valence-electron chi connectivity index (χ3n) is 18.6. The van der Waals surface area contributed by atoms with E-state index in [1.165, 1.54) is 33.0 Å². The number of halogens is 4. The van der Waals surface area contributed by atoms with Gasteiger partial charge in [-0.1, -0.05) is 192 Å². The van der Waals surface area contributed by atoms with Gasteiger partial charge in [0.2, 0.25) is 0 Å².